The van der Waals surface area contributed by atoms with Crippen LogP contribution in [0, 0.1) is 0 Å². The quantitative estimate of drug-likeness (QED) is 0.830. The van der Waals surface area contributed by atoms with Gasteiger partial charge in [-0.2, -0.15) is 0 Å². The van der Waals surface area contributed by atoms with E-state index in [9.17, 15) is 8.42 Å². The van der Waals surface area contributed by atoms with Crippen LogP contribution in [0.4, 0.5) is 5.69 Å². The largest absolute Gasteiger partial charge is 0.398 e. The monoisotopic (exact) mass is 302 g/mol. The zero-order chi connectivity index (χ0) is 13.6. The fraction of sp³-hybridized carbons (Fsp3) is 0.500. The number of fused-ring (bicyclic) bond motifs is 2. The van der Waals surface area contributed by atoms with Crippen LogP contribution in [-0.2, 0) is 14.8 Å². The van der Waals surface area contributed by atoms with Gasteiger partial charge in [0.2, 0.25) is 10.0 Å². The zero-order valence-electron chi connectivity index (χ0n) is 10.2. The summed E-state index contributed by atoms with van der Waals surface area (Å²) in [6.45, 7) is 0. The third-order valence-electron chi connectivity index (χ3n) is 3.68. The summed E-state index contributed by atoms with van der Waals surface area (Å²) in [7, 11) is -3.66. The molecule has 2 aliphatic heterocycles. The third-order valence-corrected chi connectivity index (χ3v) is 5.46. The molecule has 0 spiro atoms. The number of anilines is 1. The Morgan fingerprint density at radius 3 is 2.79 bits per heavy atom. The minimum atomic E-state index is -3.66. The summed E-state index contributed by atoms with van der Waals surface area (Å²) >= 11 is 5.83. The minimum absolute atomic E-state index is 0.0137. The highest BCUT2D eigenvalue weighted by Gasteiger charge is 2.42. The summed E-state index contributed by atoms with van der Waals surface area (Å²) in [6.07, 6.45) is 2.82. The maximum atomic E-state index is 12.3. The first-order chi connectivity index (χ1) is 8.95. The maximum Gasteiger partial charge on any atom is 0.243 e. The molecule has 3 N–H and O–H groups in total. The van der Waals surface area contributed by atoms with Crippen molar-refractivity contribution in [1.82, 2.24) is 4.72 Å². The lowest BCUT2D eigenvalue weighted by Gasteiger charge is -2.20. The van der Waals surface area contributed by atoms with Crippen LogP contribution in [0.1, 0.15) is 19.3 Å². The van der Waals surface area contributed by atoms with Crippen LogP contribution in [0.15, 0.2) is 23.1 Å². The molecule has 0 radical (unpaired) electrons. The molecule has 2 fully saturated rings. The van der Waals surface area contributed by atoms with E-state index in [0.717, 1.165) is 19.3 Å². The third kappa shape index (κ3) is 2.45. The van der Waals surface area contributed by atoms with E-state index >= 15 is 0 Å². The van der Waals surface area contributed by atoms with E-state index in [1.165, 1.54) is 12.1 Å². The highest BCUT2D eigenvalue weighted by molar-refractivity contribution is 7.89. The van der Waals surface area contributed by atoms with E-state index in [2.05, 4.69) is 4.72 Å². The molecule has 0 aromatic heterocycles. The van der Waals surface area contributed by atoms with Gasteiger partial charge in [-0.25, -0.2) is 13.1 Å². The van der Waals surface area contributed by atoms with E-state index in [0.29, 0.717) is 5.02 Å². The second kappa shape index (κ2) is 4.63. The average Bonchev–Trinajstić information content (AvgIpc) is 2.93. The Hall–Kier alpha value is -0.820. The van der Waals surface area contributed by atoms with Gasteiger partial charge in [0.1, 0.15) is 4.90 Å². The summed E-state index contributed by atoms with van der Waals surface area (Å²) in [4.78, 5) is 0.0303. The second-order valence-electron chi connectivity index (χ2n) is 5.02. The number of nitrogen functional groups attached to an aromatic ring is 1. The van der Waals surface area contributed by atoms with Gasteiger partial charge in [0.15, 0.2) is 0 Å². The molecule has 2 bridgehead atoms. The van der Waals surface area contributed by atoms with Crippen LogP contribution < -0.4 is 10.5 Å². The lowest BCUT2D eigenvalue weighted by atomic mass is 9.96. The molecule has 2 heterocycles. The lowest BCUT2D eigenvalue weighted by Crippen LogP contribution is -2.41. The molecule has 0 saturated carbocycles. The van der Waals surface area contributed by atoms with Crippen LogP contribution in [0.3, 0.4) is 0 Å². The van der Waals surface area contributed by atoms with Gasteiger partial charge in [-0.1, -0.05) is 11.6 Å². The second-order valence-corrected chi connectivity index (χ2v) is 7.14. The van der Waals surface area contributed by atoms with E-state index in [-0.39, 0.29) is 28.8 Å². The Balaban J connectivity index is 1.85. The number of ether oxygens (including phenoxy) is 1. The van der Waals surface area contributed by atoms with Crippen molar-refractivity contribution in [2.24, 2.45) is 0 Å². The van der Waals surface area contributed by atoms with Crippen LogP contribution in [0.2, 0.25) is 5.02 Å². The van der Waals surface area contributed by atoms with E-state index in [4.69, 9.17) is 22.1 Å². The number of hydrogen-bond acceptors (Lipinski definition) is 4. The maximum absolute atomic E-state index is 12.3. The Morgan fingerprint density at radius 2 is 2.16 bits per heavy atom. The van der Waals surface area contributed by atoms with Crippen molar-refractivity contribution in [2.75, 3.05) is 5.73 Å². The lowest BCUT2D eigenvalue weighted by molar-refractivity contribution is 0.0996. The van der Waals surface area contributed by atoms with Gasteiger partial charge in [-0.15, -0.1) is 0 Å². The summed E-state index contributed by atoms with van der Waals surface area (Å²) in [5.74, 6) is 0. The van der Waals surface area contributed by atoms with Gasteiger partial charge in [-0.05, 0) is 37.5 Å². The average molecular weight is 303 g/mol. The van der Waals surface area contributed by atoms with Crippen molar-refractivity contribution in [1.29, 1.82) is 0 Å². The molecule has 3 unspecified atom stereocenters. The summed E-state index contributed by atoms with van der Waals surface area (Å²) in [5.41, 5.74) is 5.91. The molecule has 7 heteroatoms. The number of benzene rings is 1. The Kier molecular flexibility index (Phi) is 3.21. The molecular weight excluding hydrogens is 288 g/mol. The number of sulfonamides is 1. The Labute approximate surface area is 117 Å². The van der Waals surface area contributed by atoms with Crippen molar-refractivity contribution in [2.45, 2.75) is 42.4 Å². The van der Waals surface area contributed by atoms with Gasteiger partial charge < -0.3 is 10.5 Å². The normalized spacial score (nSPS) is 29.8. The predicted molar refractivity (Wildman–Crippen MR) is 72.5 cm³/mol. The molecule has 5 nitrogen and oxygen atoms in total. The molecule has 19 heavy (non-hydrogen) atoms. The zero-order valence-corrected chi connectivity index (χ0v) is 11.7. The highest BCUT2D eigenvalue weighted by Crippen LogP contribution is 2.35. The van der Waals surface area contributed by atoms with Gasteiger partial charge in [0.25, 0.3) is 0 Å². The molecule has 3 rings (SSSR count). The first-order valence-electron chi connectivity index (χ1n) is 6.18. The van der Waals surface area contributed by atoms with E-state index < -0.39 is 10.0 Å². The fourth-order valence-corrected chi connectivity index (χ4v) is 4.44. The van der Waals surface area contributed by atoms with Gasteiger partial charge >= 0.3 is 0 Å². The molecule has 0 amide bonds. The fourth-order valence-electron chi connectivity index (χ4n) is 2.77. The van der Waals surface area contributed by atoms with Crippen LogP contribution in [0.25, 0.3) is 0 Å². The molecular formula is C12H15ClN2O3S. The Bertz CT molecular complexity index is 605. The number of nitrogens with two attached hydrogens (primary N) is 1. The molecule has 3 atom stereocenters. The molecule has 104 valence electrons. The van der Waals surface area contributed by atoms with Gasteiger partial charge in [-0.3, -0.25) is 0 Å². The standard InChI is InChI=1S/C12H15ClN2O3S/c13-7-1-3-9(14)12(5-7)19(16,17)15-10-6-8-2-4-11(10)18-8/h1,3,5,8,10-11,15H,2,4,6,14H2. The van der Waals surface area contributed by atoms with Gasteiger partial charge in [0.05, 0.1) is 23.9 Å². The van der Waals surface area contributed by atoms with Crippen molar-refractivity contribution in [3.63, 3.8) is 0 Å². The number of hydrogen-bond donors (Lipinski definition) is 2. The highest BCUT2D eigenvalue weighted by atomic mass is 35.5. The summed E-state index contributed by atoms with van der Waals surface area (Å²) in [6, 6.07) is 4.26. The topological polar surface area (TPSA) is 81.4 Å². The molecule has 1 aromatic carbocycles. The number of rotatable bonds is 3. The van der Waals surface area contributed by atoms with Crippen LogP contribution >= 0.6 is 11.6 Å². The van der Waals surface area contributed by atoms with Crippen molar-refractivity contribution >= 4 is 27.3 Å². The van der Waals surface area contributed by atoms with Crippen molar-refractivity contribution in [3.8, 4) is 0 Å². The minimum Gasteiger partial charge on any atom is -0.398 e. The number of halogens is 1. The molecule has 1 aromatic rings. The van der Waals surface area contributed by atoms with Crippen molar-refractivity contribution in [3.05, 3.63) is 23.2 Å². The van der Waals surface area contributed by atoms with E-state index in [1.54, 1.807) is 6.07 Å². The van der Waals surface area contributed by atoms with Crippen molar-refractivity contribution < 1.29 is 13.2 Å². The Morgan fingerprint density at radius 1 is 1.37 bits per heavy atom. The SMILES string of the molecule is Nc1ccc(Cl)cc1S(=O)(=O)NC1CC2CCC1O2. The summed E-state index contributed by atoms with van der Waals surface area (Å²) in [5, 5.41) is 0.346. The molecule has 0 aliphatic carbocycles. The number of nitrogens with one attached hydrogen (secondary N) is 1. The van der Waals surface area contributed by atoms with E-state index in [1.807, 2.05) is 0 Å². The predicted octanol–water partition coefficient (Wildman–Crippen LogP) is 1.52. The van der Waals surface area contributed by atoms with Crippen LogP contribution in [0.5, 0.6) is 0 Å². The molecule has 2 aliphatic rings. The summed E-state index contributed by atoms with van der Waals surface area (Å²) < 4.78 is 33.0. The first kappa shape index (κ1) is 13.2. The first-order valence-corrected chi connectivity index (χ1v) is 8.04. The smallest absolute Gasteiger partial charge is 0.243 e. The van der Waals surface area contributed by atoms with Crippen LogP contribution in [-0.4, -0.2) is 26.7 Å². The molecule has 2 saturated heterocycles. The van der Waals surface area contributed by atoms with Gasteiger partial charge in [0, 0.05) is 5.02 Å².